The van der Waals surface area contributed by atoms with Crippen LogP contribution in [0.5, 0.6) is 0 Å². The van der Waals surface area contributed by atoms with Crippen molar-refractivity contribution in [2.24, 2.45) is 0 Å². The second kappa shape index (κ2) is 3.00. The topological polar surface area (TPSA) is 46.2 Å². The van der Waals surface area contributed by atoms with Crippen LogP contribution in [-0.2, 0) is 9.84 Å². The summed E-state index contributed by atoms with van der Waals surface area (Å²) in [5.74, 6) is 0. The van der Waals surface area contributed by atoms with Crippen LogP contribution in [0, 0.1) is 0 Å². The quantitative estimate of drug-likeness (QED) is 0.659. The molecule has 1 rings (SSSR count). The van der Waals surface area contributed by atoms with E-state index in [4.69, 9.17) is 0 Å². The second-order valence-corrected chi connectivity index (χ2v) is 7.25. The number of hydrogen-bond acceptors (Lipinski definition) is 3. The van der Waals surface area contributed by atoms with Crippen molar-refractivity contribution in [3.63, 3.8) is 0 Å². The normalized spacial score (nSPS) is 26.1. The largest absolute Gasteiger partial charge is 0.315 e. The van der Waals surface area contributed by atoms with E-state index in [2.05, 4.69) is 5.32 Å². The van der Waals surface area contributed by atoms with Gasteiger partial charge in [0.25, 0.3) is 0 Å². The van der Waals surface area contributed by atoms with Gasteiger partial charge in [0.05, 0.1) is 10.00 Å². The number of rotatable bonds is 1. The van der Waals surface area contributed by atoms with Crippen LogP contribution in [0.4, 0.5) is 0 Å². The Kier molecular flexibility index (Phi) is 2.50. The van der Waals surface area contributed by atoms with Gasteiger partial charge in [0, 0.05) is 6.54 Å². The lowest BCUT2D eigenvalue weighted by Crippen LogP contribution is -2.38. The van der Waals surface area contributed by atoms with E-state index in [1.54, 1.807) is 20.8 Å². The Morgan fingerprint density at radius 3 is 2.25 bits per heavy atom. The second-order valence-electron chi connectivity index (χ2n) is 4.27. The van der Waals surface area contributed by atoms with E-state index in [1.807, 2.05) is 0 Å². The Bertz CT molecular complexity index is 245. The zero-order valence-corrected chi connectivity index (χ0v) is 8.74. The highest BCUT2D eigenvalue weighted by molar-refractivity contribution is 7.93. The standard InChI is InChI=1S/C8H17NO2S/c1-8(2,3)12(10,11)7-4-5-9-6-7/h7,9H,4-6H2,1-3H3/t7-/m1/s1. The van der Waals surface area contributed by atoms with Crippen molar-refractivity contribution in [2.75, 3.05) is 13.1 Å². The van der Waals surface area contributed by atoms with Crippen LogP contribution in [0.15, 0.2) is 0 Å². The molecule has 0 aromatic rings. The lowest BCUT2D eigenvalue weighted by Gasteiger charge is -2.23. The molecule has 4 heteroatoms. The first kappa shape index (κ1) is 9.99. The predicted molar refractivity (Wildman–Crippen MR) is 49.9 cm³/mol. The van der Waals surface area contributed by atoms with Gasteiger partial charge in [-0.25, -0.2) is 8.42 Å². The van der Waals surface area contributed by atoms with Gasteiger partial charge >= 0.3 is 0 Å². The molecule has 0 aromatic carbocycles. The first-order chi connectivity index (χ1) is 5.36. The third kappa shape index (κ3) is 1.64. The maximum absolute atomic E-state index is 11.8. The molecule has 72 valence electrons. The SMILES string of the molecule is CC(C)(C)S(=O)(=O)[C@@H]1CCNC1. The summed E-state index contributed by atoms with van der Waals surface area (Å²) in [7, 11) is -2.94. The van der Waals surface area contributed by atoms with Gasteiger partial charge in [0.15, 0.2) is 9.84 Å². The molecule has 1 fully saturated rings. The van der Waals surface area contributed by atoms with Crippen molar-refractivity contribution < 1.29 is 8.42 Å². The van der Waals surface area contributed by atoms with E-state index in [0.717, 1.165) is 13.0 Å². The molecule has 1 N–H and O–H groups in total. The summed E-state index contributed by atoms with van der Waals surface area (Å²) >= 11 is 0. The zero-order chi connectivity index (χ0) is 9.41. The van der Waals surface area contributed by atoms with Gasteiger partial charge in [-0.3, -0.25) is 0 Å². The molecule has 1 heterocycles. The molecule has 0 saturated carbocycles. The molecule has 12 heavy (non-hydrogen) atoms. The minimum Gasteiger partial charge on any atom is -0.315 e. The van der Waals surface area contributed by atoms with Gasteiger partial charge in [0.1, 0.15) is 0 Å². The fourth-order valence-corrected chi connectivity index (χ4v) is 3.16. The molecule has 0 spiro atoms. The van der Waals surface area contributed by atoms with Crippen LogP contribution >= 0.6 is 0 Å². The Labute approximate surface area is 74.5 Å². The van der Waals surface area contributed by atoms with Gasteiger partial charge in [-0.05, 0) is 33.7 Å². The van der Waals surface area contributed by atoms with Crippen LogP contribution in [0.1, 0.15) is 27.2 Å². The minimum atomic E-state index is -2.94. The molecule has 1 aliphatic rings. The third-order valence-corrected chi connectivity index (χ3v) is 5.29. The van der Waals surface area contributed by atoms with Crippen LogP contribution in [0.2, 0.25) is 0 Å². The number of hydrogen-bond donors (Lipinski definition) is 1. The molecule has 0 unspecified atom stereocenters. The molecule has 0 amide bonds. The van der Waals surface area contributed by atoms with E-state index in [-0.39, 0.29) is 5.25 Å². The van der Waals surface area contributed by atoms with E-state index in [1.165, 1.54) is 0 Å². The average Bonchev–Trinajstić information content (AvgIpc) is 2.34. The Morgan fingerprint density at radius 2 is 1.92 bits per heavy atom. The summed E-state index contributed by atoms with van der Waals surface area (Å²) in [5, 5.41) is 2.90. The van der Waals surface area contributed by atoms with E-state index < -0.39 is 14.6 Å². The molecular weight excluding hydrogens is 174 g/mol. The van der Waals surface area contributed by atoms with Gasteiger partial charge < -0.3 is 5.32 Å². The highest BCUT2D eigenvalue weighted by Crippen LogP contribution is 2.23. The van der Waals surface area contributed by atoms with Gasteiger partial charge in [-0.15, -0.1) is 0 Å². The first-order valence-electron chi connectivity index (χ1n) is 4.30. The molecule has 0 radical (unpaired) electrons. The molecular formula is C8H17NO2S. The van der Waals surface area contributed by atoms with Gasteiger partial charge in [-0.2, -0.15) is 0 Å². The number of sulfone groups is 1. The fraction of sp³-hybridized carbons (Fsp3) is 1.00. The first-order valence-corrected chi connectivity index (χ1v) is 5.84. The molecule has 1 aliphatic heterocycles. The van der Waals surface area contributed by atoms with Crippen LogP contribution < -0.4 is 5.32 Å². The van der Waals surface area contributed by atoms with Crippen molar-refractivity contribution in [1.82, 2.24) is 5.32 Å². The molecule has 1 saturated heterocycles. The monoisotopic (exact) mass is 191 g/mol. The highest BCUT2D eigenvalue weighted by Gasteiger charge is 2.38. The summed E-state index contributed by atoms with van der Waals surface area (Å²) in [6, 6.07) is 0. The molecule has 1 atom stereocenters. The number of nitrogens with one attached hydrogen (secondary N) is 1. The smallest absolute Gasteiger partial charge is 0.159 e. The van der Waals surface area contributed by atoms with Gasteiger partial charge in [0.2, 0.25) is 0 Å². The van der Waals surface area contributed by atoms with Crippen LogP contribution in [0.25, 0.3) is 0 Å². The summed E-state index contributed by atoms with van der Waals surface area (Å²) in [6.45, 7) is 6.75. The molecule has 0 bridgehead atoms. The van der Waals surface area contributed by atoms with Crippen molar-refractivity contribution in [3.8, 4) is 0 Å². The van der Waals surface area contributed by atoms with E-state index in [9.17, 15) is 8.42 Å². The Morgan fingerprint density at radius 1 is 1.33 bits per heavy atom. The van der Waals surface area contributed by atoms with Gasteiger partial charge in [-0.1, -0.05) is 0 Å². The lowest BCUT2D eigenvalue weighted by molar-refractivity contribution is 0.546. The summed E-state index contributed by atoms with van der Waals surface area (Å²) in [6.07, 6.45) is 0.763. The predicted octanol–water partition coefficient (Wildman–Crippen LogP) is 0.562. The summed E-state index contributed by atoms with van der Waals surface area (Å²) in [5.41, 5.74) is 0. The Balaban J connectivity index is 2.85. The maximum Gasteiger partial charge on any atom is 0.159 e. The summed E-state index contributed by atoms with van der Waals surface area (Å²) < 4.78 is 23.0. The van der Waals surface area contributed by atoms with Crippen molar-refractivity contribution in [3.05, 3.63) is 0 Å². The van der Waals surface area contributed by atoms with Crippen molar-refractivity contribution in [2.45, 2.75) is 37.2 Å². The van der Waals surface area contributed by atoms with Crippen molar-refractivity contribution in [1.29, 1.82) is 0 Å². The maximum atomic E-state index is 11.8. The highest BCUT2D eigenvalue weighted by atomic mass is 32.2. The third-order valence-electron chi connectivity index (χ3n) is 2.31. The van der Waals surface area contributed by atoms with Crippen LogP contribution in [-0.4, -0.2) is 31.5 Å². The average molecular weight is 191 g/mol. The zero-order valence-electron chi connectivity index (χ0n) is 7.92. The van der Waals surface area contributed by atoms with E-state index >= 15 is 0 Å². The summed E-state index contributed by atoms with van der Waals surface area (Å²) in [4.78, 5) is 0. The van der Waals surface area contributed by atoms with Crippen molar-refractivity contribution >= 4 is 9.84 Å². The molecule has 0 aromatic heterocycles. The Hall–Kier alpha value is -0.0900. The lowest BCUT2D eigenvalue weighted by atomic mass is 10.3. The van der Waals surface area contributed by atoms with Crippen LogP contribution in [0.3, 0.4) is 0 Å². The fourth-order valence-electron chi connectivity index (χ4n) is 1.39. The minimum absolute atomic E-state index is 0.169. The molecule has 3 nitrogen and oxygen atoms in total. The van der Waals surface area contributed by atoms with E-state index in [0.29, 0.717) is 6.54 Å². The molecule has 0 aliphatic carbocycles.